The second-order valence-corrected chi connectivity index (χ2v) is 6.69. The van der Waals surface area contributed by atoms with Gasteiger partial charge in [-0.25, -0.2) is 9.97 Å². The monoisotopic (exact) mass is 355 g/mol. The van der Waals surface area contributed by atoms with Crippen LogP contribution >= 0.6 is 35.0 Å². The van der Waals surface area contributed by atoms with Gasteiger partial charge in [-0.15, -0.1) is 0 Å². The summed E-state index contributed by atoms with van der Waals surface area (Å²) in [5.41, 5.74) is 1.42. The fourth-order valence-electron chi connectivity index (χ4n) is 1.77. The summed E-state index contributed by atoms with van der Waals surface area (Å²) >= 11 is 13.3. The molecule has 0 bridgehead atoms. The Labute approximate surface area is 143 Å². The van der Waals surface area contributed by atoms with Gasteiger partial charge in [0.2, 0.25) is 5.91 Å². The first-order valence-corrected chi connectivity index (χ1v) is 8.34. The zero-order valence-electron chi connectivity index (χ0n) is 12.1. The molecule has 1 N–H and O–H groups in total. The predicted octanol–water partition coefficient (Wildman–Crippen LogP) is 4.60. The van der Waals surface area contributed by atoms with Gasteiger partial charge in [-0.05, 0) is 37.6 Å². The highest BCUT2D eigenvalue weighted by atomic mass is 35.5. The number of rotatable bonds is 5. The molecule has 116 valence electrons. The van der Waals surface area contributed by atoms with Crippen LogP contribution < -0.4 is 5.32 Å². The molecule has 0 fully saturated rings. The number of hydrogen-bond donors (Lipinski definition) is 1. The molecule has 4 nitrogen and oxygen atoms in total. The van der Waals surface area contributed by atoms with Gasteiger partial charge >= 0.3 is 0 Å². The second-order valence-electron chi connectivity index (χ2n) is 4.63. The predicted molar refractivity (Wildman–Crippen MR) is 91.8 cm³/mol. The minimum absolute atomic E-state index is 0.118. The van der Waals surface area contributed by atoms with Gasteiger partial charge in [-0.1, -0.05) is 41.9 Å². The summed E-state index contributed by atoms with van der Waals surface area (Å²) in [5.74, 6) is -0.118. The normalized spacial score (nSPS) is 12.0. The fraction of sp³-hybridized carbons (Fsp3) is 0.267. The van der Waals surface area contributed by atoms with Crippen LogP contribution in [0.1, 0.15) is 19.0 Å². The Bertz CT molecular complexity index is 682. The van der Waals surface area contributed by atoms with Crippen molar-refractivity contribution < 1.29 is 4.79 Å². The summed E-state index contributed by atoms with van der Waals surface area (Å²) in [6.45, 7) is 3.84. The van der Waals surface area contributed by atoms with Gasteiger partial charge in [0.25, 0.3) is 0 Å². The maximum Gasteiger partial charge on any atom is 0.237 e. The second kappa shape index (κ2) is 7.81. The molecule has 22 heavy (non-hydrogen) atoms. The minimum atomic E-state index is -0.263. The molecule has 0 aliphatic carbocycles. The van der Waals surface area contributed by atoms with Crippen LogP contribution in [0.4, 0.5) is 5.69 Å². The standard InChI is InChI=1S/C15H15Cl2N3OS/c1-3-13(22-14-6-9(2)18-8-19-14)15(21)20-12-5-4-10(16)7-11(12)17/h4-8,13H,3H2,1-2H3,(H,20,21). The number of carbonyl (C=O) groups excluding carboxylic acids is 1. The summed E-state index contributed by atoms with van der Waals surface area (Å²) in [6.07, 6.45) is 2.17. The molecular weight excluding hydrogens is 341 g/mol. The Kier molecular flexibility index (Phi) is 6.06. The van der Waals surface area contributed by atoms with Crippen molar-refractivity contribution in [3.63, 3.8) is 0 Å². The van der Waals surface area contributed by atoms with Crippen molar-refractivity contribution in [2.45, 2.75) is 30.5 Å². The Balaban J connectivity index is 2.08. The molecule has 7 heteroatoms. The minimum Gasteiger partial charge on any atom is -0.324 e. The van der Waals surface area contributed by atoms with Crippen molar-refractivity contribution in [3.05, 3.63) is 46.3 Å². The van der Waals surface area contributed by atoms with Crippen LogP contribution in [-0.4, -0.2) is 21.1 Å². The maximum atomic E-state index is 12.4. The quantitative estimate of drug-likeness (QED) is 0.628. The number of carbonyl (C=O) groups is 1. The average molecular weight is 356 g/mol. The number of thioether (sulfide) groups is 1. The number of hydrogen-bond acceptors (Lipinski definition) is 4. The number of amides is 1. The fourth-order valence-corrected chi connectivity index (χ4v) is 3.19. The van der Waals surface area contributed by atoms with Crippen molar-refractivity contribution in [2.24, 2.45) is 0 Å². The van der Waals surface area contributed by atoms with Gasteiger partial charge in [-0.3, -0.25) is 4.79 Å². The molecule has 0 aliphatic heterocycles. The molecule has 1 heterocycles. The van der Waals surface area contributed by atoms with E-state index >= 15 is 0 Å². The number of anilines is 1. The Hall–Kier alpha value is -1.30. The molecule has 1 aromatic carbocycles. The number of halogens is 2. The average Bonchev–Trinajstić information content (AvgIpc) is 2.47. The lowest BCUT2D eigenvalue weighted by Gasteiger charge is -2.15. The van der Waals surface area contributed by atoms with Crippen molar-refractivity contribution in [2.75, 3.05) is 5.32 Å². The highest BCUT2D eigenvalue weighted by molar-refractivity contribution is 8.00. The van der Waals surface area contributed by atoms with Gasteiger partial charge in [0.05, 0.1) is 16.0 Å². The zero-order valence-corrected chi connectivity index (χ0v) is 14.5. The molecule has 2 rings (SSSR count). The van der Waals surface area contributed by atoms with Crippen molar-refractivity contribution in [1.82, 2.24) is 9.97 Å². The maximum absolute atomic E-state index is 12.4. The van der Waals surface area contributed by atoms with E-state index in [1.165, 1.54) is 18.1 Å². The van der Waals surface area contributed by atoms with E-state index < -0.39 is 0 Å². The van der Waals surface area contributed by atoms with Crippen molar-refractivity contribution in [1.29, 1.82) is 0 Å². The first-order chi connectivity index (χ1) is 10.5. The van der Waals surface area contributed by atoms with E-state index in [9.17, 15) is 4.79 Å². The molecule has 0 spiro atoms. The lowest BCUT2D eigenvalue weighted by atomic mass is 10.2. The number of aromatic nitrogens is 2. The lowest BCUT2D eigenvalue weighted by Crippen LogP contribution is -2.24. The van der Waals surface area contributed by atoms with Crippen LogP contribution in [0.25, 0.3) is 0 Å². The molecule has 1 aromatic heterocycles. The molecule has 0 aliphatic rings. The third-order valence-corrected chi connectivity index (χ3v) is 4.74. The molecule has 0 radical (unpaired) electrons. The lowest BCUT2D eigenvalue weighted by molar-refractivity contribution is -0.115. The topological polar surface area (TPSA) is 54.9 Å². The van der Waals surface area contributed by atoms with E-state index in [-0.39, 0.29) is 11.2 Å². The zero-order chi connectivity index (χ0) is 16.1. The van der Waals surface area contributed by atoms with Gasteiger partial charge in [-0.2, -0.15) is 0 Å². The number of aryl methyl sites for hydroxylation is 1. The van der Waals surface area contributed by atoms with E-state index in [1.54, 1.807) is 18.2 Å². The van der Waals surface area contributed by atoms with Gasteiger partial charge < -0.3 is 5.32 Å². The summed E-state index contributed by atoms with van der Waals surface area (Å²) in [5, 5.41) is 4.29. The molecular formula is C15H15Cl2N3OS. The van der Waals surface area contributed by atoms with Crippen LogP contribution in [0.3, 0.4) is 0 Å². The smallest absolute Gasteiger partial charge is 0.237 e. The van der Waals surface area contributed by atoms with Gasteiger partial charge in [0, 0.05) is 10.7 Å². The van der Waals surface area contributed by atoms with E-state index in [0.29, 0.717) is 22.2 Å². The first-order valence-electron chi connectivity index (χ1n) is 6.70. The van der Waals surface area contributed by atoms with Crippen LogP contribution in [-0.2, 0) is 4.79 Å². The molecule has 2 aromatic rings. The number of nitrogens with one attached hydrogen (secondary N) is 1. The Morgan fingerprint density at radius 2 is 2.09 bits per heavy atom. The summed E-state index contributed by atoms with van der Waals surface area (Å²) in [7, 11) is 0. The van der Waals surface area contributed by atoms with Crippen LogP contribution in [0, 0.1) is 6.92 Å². The first kappa shape index (κ1) is 17.1. The highest BCUT2D eigenvalue weighted by Gasteiger charge is 2.19. The van der Waals surface area contributed by atoms with E-state index in [4.69, 9.17) is 23.2 Å². The number of benzene rings is 1. The third kappa shape index (κ3) is 4.60. The van der Waals surface area contributed by atoms with E-state index in [2.05, 4.69) is 15.3 Å². The van der Waals surface area contributed by atoms with Gasteiger partial charge in [0.1, 0.15) is 11.4 Å². The summed E-state index contributed by atoms with van der Waals surface area (Å²) in [4.78, 5) is 20.6. The summed E-state index contributed by atoms with van der Waals surface area (Å²) < 4.78 is 0. The van der Waals surface area contributed by atoms with Crippen LogP contribution in [0.5, 0.6) is 0 Å². The highest BCUT2D eigenvalue weighted by Crippen LogP contribution is 2.28. The number of nitrogens with zero attached hydrogens (tertiary/aromatic N) is 2. The molecule has 1 atom stereocenters. The van der Waals surface area contributed by atoms with Crippen LogP contribution in [0.15, 0.2) is 35.6 Å². The summed E-state index contributed by atoms with van der Waals surface area (Å²) in [6, 6.07) is 6.83. The molecule has 1 unspecified atom stereocenters. The van der Waals surface area contributed by atoms with E-state index in [1.807, 2.05) is 19.9 Å². The Morgan fingerprint density at radius 3 is 2.73 bits per heavy atom. The van der Waals surface area contributed by atoms with Crippen molar-refractivity contribution >= 4 is 46.6 Å². The Morgan fingerprint density at radius 1 is 1.32 bits per heavy atom. The van der Waals surface area contributed by atoms with Crippen molar-refractivity contribution in [3.8, 4) is 0 Å². The van der Waals surface area contributed by atoms with Gasteiger partial charge in [0.15, 0.2) is 0 Å². The SMILES string of the molecule is CCC(Sc1cc(C)ncn1)C(=O)Nc1ccc(Cl)cc1Cl. The largest absolute Gasteiger partial charge is 0.324 e. The van der Waals surface area contributed by atoms with E-state index in [0.717, 1.165) is 10.7 Å². The van der Waals surface area contributed by atoms with Crippen LogP contribution in [0.2, 0.25) is 10.0 Å². The molecule has 1 amide bonds. The molecule has 0 saturated heterocycles. The molecule has 0 saturated carbocycles. The third-order valence-electron chi connectivity index (χ3n) is 2.89.